The van der Waals surface area contributed by atoms with E-state index in [1.165, 1.54) is 0 Å². The molecule has 0 spiro atoms. The molecular weight excluding hydrogens is 424 g/mol. The van der Waals surface area contributed by atoms with E-state index in [1.807, 2.05) is 54.6 Å². The predicted octanol–water partition coefficient (Wildman–Crippen LogP) is 4.12. The van der Waals surface area contributed by atoms with Crippen molar-refractivity contribution in [3.63, 3.8) is 0 Å². The monoisotopic (exact) mass is 448 g/mol. The first-order valence-corrected chi connectivity index (χ1v) is 11.1. The third-order valence-electron chi connectivity index (χ3n) is 5.69. The molecule has 0 unspecified atom stereocenters. The highest BCUT2D eigenvalue weighted by Crippen LogP contribution is 2.25. The number of aromatic nitrogens is 4. The van der Waals surface area contributed by atoms with E-state index in [0.717, 1.165) is 33.3 Å². The fraction of sp³-hybridized carbons (Fsp3) is 0.111. The zero-order chi connectivity index (χ0) is 23.3. The third kappa shape index (κ3) is 4.69. The summed E-state index contributed by atoms with van der Waals surface area (Å²) in [5.41, 5.74) is 9.77. The highest BCUT2D eigenvalue weighted by atomic mass is 16.2. The number of carbonyl (C=O) groups is 1. The molecule has 0 saturated heterocycles. The number of hydrogen-bond donors (Lipinski definition) is 2. The van der Waals surface area contributed by atoms with Crippen molar-refractivity contribution in [2.45, 2.75) is 19.0 Å². The van der Waals surface area contributed by atoms with Crippen LogP contribution in [0.4, 0.5) is 5.95 Å². The maximum atomic E-state index is 13.5. The number of H-pyrrole nitrogens is 1. The molecule has 2 aromatic heterocycles. The summed E-state index contributed by atoms with van der Waals surface area (Å²) in [6.07, 6.45) is 5.27. The lowest BCUT2D eigenvalue weighted by molar-refractivity contribution is -0.120. The molecule has 7 heteroatoms. The van der Waals surface area contributed by atoms with Crippen LogP contribution in [0.15, 0.2) is 97.6 Å². The second kappa shape index (κ2) is 9.64. The van der Waals surface area contributed by atoms with Gasteiger partial charge in [-0.25, -0.2) is 15.0 Å². The Morgan fingerprint density at radius 3 is 2.56 bits per heavy atom. The molecule has 34 heavy (non-hydrogen) atoms. The van der Waals surface area contributed by atoms with Crippen molar-refractivity contribution in [1.82, 2.24) is 19.9 Å². The predicted molar refractivity (Wildman–Crippen MR) is 133 cm³/mol. The minimum absolute atomic E-state index is 0.255. The molecule has 3 N–H and O–H groups in total. The molecule has 1 atom stereocenters. The number of hydrogen-bond acceptors (Lipinski definition) is 5. The van der Waals surface area contributed by atoms with E-state index in [9.17, 15) is 4.79 Å². The second-order valence-electron chi connectivity index (χ2n) is 8.10. The van der Waals surface area contributed by atoms with E-state index in [0.29, 0.717) is 18.9 Å². The molecule has 5 aromatic rings. The van der Waals surface area contributed by atoms with Gasteiger partial charge in [0.25, 0.3) is 0 Å². The highest BCUT2D eigenvalue weighted by Gasteiger charge is 2.25. The molecule has 7 nitrogen and oxygen atoms in total. The van der Waals surface area contributed by atoms with E-state index in [4.69, 9.17) is 10.7 Å². The summed E-state index contributed by atoms with van der Waals surface area (Å²) in [4.78, 5) is 31.3. The number of nitrogens with one attached hydrogen (secondary N) is 1. The second-order valence-corrected chi connectivity index (χ2v) is 8.10. The number of benzene rings is 3. The highest BCUT2D eigenvalue weighted by molar-refractivity contribution is 5.96. The van der Waals surface area contributed by atoms with Gasteiger partial charge in [-0.15, -0.1) is 0 Å². The average molecular weight is 449 g/mol. The van der Waals surface area contributed by atoms with Gasteiger partial charge in [0.15, 0.2) is 0 Å². The Kier molecular flexibility index (Phi) is 6.09. The summed E-state index contributed by atoms with van der Waals surface area (Å²) >= 11 is 0. The standard InChI is InChI=1S/C27H24N6O/c28-24(15-23-16-29-18-31-23)26(34)33(17-19-6-2-1-3-7-19)27-30-13-12-25(32-27)22-11-10-20-8-4-5-9-21(20)14-22/h1-14,16,18,24H,15,17,28H2,(H,29,31)/t24-/m0/s1. The Labute approximate surface area is 197 Å². The van der Waals surface area contributed by atoms with Gasteiger partial charge in [0, 0.05) is 30.1 Å². The van der Waals surface area contributed by atoms with Crippen LogP contribution in [-0.4, -0.2) is 31.9 Å². The van der Waals surface area contributed by atoms with E-state index in [1.54, 1.807) is 23.6 Å². The average Bonchev–Trinajstić information content (AvgIpc) is 3.40. The lowest BCUT2D eigenvalue weighted by atomic mass is 10.1. The van der Waals surface area contributed by atoms with Crippen molar-refractivity contribution in [1.29, 1.82) is 0 Å². The molecule has 0 aliphatic carbocycles. The van der Waals surface area contributed by atoms with Gasteiger partial charge in [0.05, 0.1) is 24.6 Å². The van der Waals surface area contributed by atoms with Crippen molar-refractivity contribution in [3.05, 3.63) is 109 Å². The van der Waals surface area contributed by atoms with Gasteiger partial charge >= 0.3 is 0 Å². The van der Waals surface area contributed by atoms with E-state index in [2.05, 4.69) is 39.2 Å². The molecule has 0 fully saturated rings. The van der Waals surface area contributed by atoms with Crippen LogP contribution >= 0.6 is 0 Å². The topological polar surface area (TPSA) is 101 Å². The van der Waals surface area contributed by atoms with Gasteiger partial charge in [0.1, 0.15) is 0 Å². The Balaban J connectivity index is 1.49. The zero-order valence-electron chi connectivity index (χ0n) is 18.5. The lowest BCUT2D eigenvalue weighted by Crippen LogP contribution is -2.45. The van der Waals surface area contributed by atoms with Crippen molar-refractivity contribution in [2.75, 3.05) is 4.90 Å². The van der Waals surface area contributed by atoms with Crippen LogP contribution in [0.25, 0.3) is 22.0 Å². The van der Waals surface area contributed by atoms with Gasteiger partial charge < -0.3 is 10.7 Å². The van der Waals surface area contributed by atoms with Gasteiger partial charge in [-0.3, -0.25) is 9.69 Å². The van der Waals surface area contributed by atoms with Crippen molar-refractivity contribution in [2.24, 2.45) is 5.73 Å². The van der Waals surface area contributed by atoms with Gasteiger partial charge in [0.2, 0.25) is 11.9 Å². The van der Waals surface area contributed by atoms with E-state index in [-0.39, 0.29) is 5.91 Å². The molecule has 0 aliphatic heterocycles. The molecule has 5 rings (SSSR count). The number of amides is 1. The quantitative estimate of drug-likeness (QED) is 0.390. The first-order valence-electron chi connectivity index (χ1n) is 11.1. The smallest absolute Gasteiger partial charge is 0.246 e. The van der Waals surface area contributed by atoms with Crippen LogP contribution in [0, 0.1) is 0 Å². The van der Waals surface area contributed by atoms with E-state index < -0.39 is 6.04 Å². The Hall–Kier alpha value is -4.36. The third-order valence-corrected chi connectivity index (χ3v) is 5.69. The van der Waals surface area contributed by atoms with E-state index >= 15 is 0 Å². The number of nitrogens with two attached hydrogens (primary N) is 1. The first kappa shape index (κ1) is 21.5. The Bertz CT molecular complexity index is 1400. The minimum atomic E-state index is -0.767. The summed E-state index contributed by atoms with van der Waals surface area (Å²) in [6, 6.07) is 25.2. The molecule has 2 heterocycles. The van der Waals surface area contributed by atoms with Gasteiger partial charge in [-0.05, 0) is 28.5 Å². The summed E-state index contributed by atoms with van der Waals surface area (Å²) in [6.45, 7) is 0.317. The number of carbonyl (C=O) groups excluding carboxylic acids is 1. The molecule has 3 aromatic carbocycles. The number of aromatic amines is 1. The normalized spacial score (nSPS) is 11.9. The summed E-state index contributed by atoms with van der Waals surface area (Å²) in [7, 11) is 0. The van der Waals surface area contributed by atoms with Crippen LogP contribution < -0.4 is 10.6 Å². The molecule has 168 valence electrons. The summed E-state index contributed by atoms with van der Waals surface area (Å²) in [5.74, 6) is 0.0636. The maximum Gasteiger partial charge on any atom is 0.246 e. The molecular formula is C27H24N6O. The van der Waals surface area contributed by atoms with Crippen molar-refractivity contribution in [3.8, 4) is 11.3 Å². The largest absolute Gasteiger partial charge is 0.348 e. The lowest BCUT2D eigenvalue weighted by Gasteiger charge is -2.24. The Morgan fingerprint density at radius 1 is 0.971 bits per heavy atom. The van der Waals surface area contributed by atoms with Gasteiger partial charge in [-0.2, -0.15) is 0 Å². The molecule has 0 aliphatic rings. The number of imidazole rings is 1. The van der Waals surface area contributed by atoms with Crippen LogP contribution in [0.3, 0.4) is 0 Å². The first-order chi connectivity index (χ1) is 16.7. The molecule has 0 bridgehead atoms. The number of fused-ring (bicyclic) bond motifs is 1. The fourth-order valence-electron chi connectivity index (χ4n) is 3.92. The molecule has 0 saturated carbocycles. The van der Waals surface area contributed by atoms with Crippen molar-refractivity contribution < 1.29 is 4.79 Å². The van der Waals surface area contributed by atoms with Crippen LogP contribution in [-0.2, 0) is 17.8 Å². The summed E-state index contributed by atoms with van der Waals surface area (Å²) < 4.78 is 0. The summed E-state index contributed by atoms with van der Waals surface area (Å²) in [5, 5.41) is 2.28. The fourth-order valence-corrected chi connectivity index (χ4v) is 3.92. The SMILES string of the molecule is N[C@@H](Cc1cnc[nH]1)C(=O)N(Cc1ccccc1)c1nccc(-c2ccc3ccccc3c2)n1. The molecule has 0 radical (unpaired) electrons. The minimum Gasteiger partial charge on any atom is -0.348 e. The zero-order valence-corrected chi connectivity index (χ0v) is 18.5. The van der Waals surface area contributed by atoms with Crippen molar-refractivity contribution >= 4 is 22.6 Å². The number of rotatable bonds is 7. The molecule has 1 amide bonds. The number of nitrogens with zero attached hydrogens (tertiary/aromatic N) is 4. The maximum absolute atomic E-state index is 13.5. The Morgan fingerprint density at radius 2 is 1.76 bits per heavy atom. The number of anilines is 1. The van der Waals surface area contributed by atoms with Crippen LogP contribution in [0.5, 0.6) is 0 Å². The van der Waals surface area contributed by atoms with Crippen LogP contribution in [0.2, 0.25) is 0 Å². The van der Waals surface area contributed by atoms with Crippen LogP contribution in [0.1, 0.15) is 11.3 Å². The van der Waals surface area contributed by atoms with Gasteiger partial charge in [-0.1, -0.05) is 66.7 Å².